The first-order chi connectivity index (χ1) is 18.3. The molecule has 0 aliphatic heterocycles. The van der Waals surface area contributed by atoms with Gasteiger partial charge in [0.25, 0.3) is 5.91 Å². The van der Waals surface area contributed by atoms with Crippen molar-refractivity contribution in [2.45, 2.75) is 31.7 Å². The molecule has 3 aromatic carbocycles. The van der Waals surface area contributed by atoms with Crippen molar-refractivity contribution < 1.29 is 19.1 Å². The van der Waals surface area contributed by atoms with Gasteiger partial charge in [-0.2, -0.15) is 0 Å². The van der Waals surface area contributed by atoms with Crippen LogP contribution in [0.15, 0.2) is 84.9 Å². The summed E-state index contributed by atoms with van der Waals surface area (Å²) in [6.07, 6.45) is 0.330. The molecule has 8 nitrogen and oxygen atoms in total. The first kappa shape index (κ1) is 28.6. The smallest absolute Gasteiger partial charge is 0.254 e. The Morgan fingerprint density at radius 3 is 2.03 bits per heavy atom. The maximum atomic E-state index is 13.9. The molecule has 8 heteroatoms. The summed E-state index contributed by atoms with van der Waals surface area (Å²) in [5.41, 5.74) is 8.86. The van der Waals surface area contributed by atoms with Gasteiger partial charge in [-0.25, -0.2) is 0 Å². The summed E-state index contributed by atoms with van der Waals surface area (Å²) in [6.45, 7) is 0.536. The second kappa shape index (κ2) is 14.1. The quantitative estimate of drug-likeness (QED) is 0.385. The van der Waals surface area contributed by atoms with Gasteiger partial charge in [-0.1, -0.05) is 72.8 Å². The second-order valence-electron chi connectivity index (χ2n) is 9.11. The summed E-state index contributed by atoms with van der Waals surface area (Å²) < 4.78 is 5.93. The molecule has 0 aliphatic carbocycles. The summed E-state index contributed by atoms with van der Waals surface area (Å²) in [7, 11) is 4.70. The number of nitrogens with two attached hydrogens (primary N) is 1. The van der Waals surface area contributed by atoms with Gasteiger partial charge in [0, 0.05) is 39.7 Å². The molecule has 0 radical (unpaired) electrons. The summed E-state index contributed by atoms with van der Waals surface area (Å²) >= 11 is 0. The number of benzene rings is 3. The maximum Gasteiger partial charge on any atom is 0.254 e. The zero-order chi connectivity index (χ0) is 27.5. The van der Waals surface area contributed by atoms with Crippen LogP contribution in [0.2, 0.25) is 0 Å². The average molecular weight is 517 g/mol. The van der Waals surface area contributed by atoms with Crippen molar-refractivity contribution in [1.29, 1.82) is 0 Å². The molecular formula is C30H36N4O4. The minimum absolute atomic E-state index is 0.0390. The van der Waals surface area contributed by atoms with E-state index in [0.717, 1.165) is 16.7 Å². The van der Waals surface area contributed by atoms with Gasteiger partial charge in [0.1, 0.15) is 12.1 Å². The van der Waals surface area contributed by atoms with Gasteiger partial charge in [0.2, 0.25) is 11.8 Å². The van der Waals surface area contributed by atoms with Crippen LogP contribution < -0.4 is 11.1 Å². The van der Waals surface area contributed by atoms with Crippen molar-refractivity contribution >= 4 is 17.7 Å². The van der Waals surface area contributed by atoms with Crippen molar-refractivity contribution in [3.63, 3.8) is 0 Å². The minimum atomic E-state index is -0.958. The Morgan fingerprint density at radius 2 is 1.42 bits per heavy atom. The van der Waals surface area contributed by atoms with Crippen LogP contribution in [-0.4, -0.2) is 67.4 Å². The predicted octanol–water partition coefficient (Wildman–Crippen LogP) is 2.62. The summed E-state index contributed by atoms with van der Waals surface area (Å²) in [5.74, 6) is -1.03. The Hall–Kier alpha value is -4.01. The van der Waals surface area contributed by atoms with E-state index in [1.54, 1.807) is 39.3 Å². The number of hydrogen-bond donors (Lipinski definition) is 2. The van der Waals surface area contributed by atoms with Gasteiger partial charge in [-0.15, -0.1) is 0 Å². The molecule has 3 N–H and O–H groups in total. The standard InChI is InChI=1S/C30H36N4O4/c1-32-28(35)26(18-22-11-6-4-7-12-22)33(2)30(37)27(21-38-20-23-13-8-5-9-14-23)34(3)29(36)25-16-10-15-24(17-25)19-31/h4-17,26-27H,18-21,31H2,1-3H3,(H,32,35)/t26-,27-/m1/s1. The third kappa shape index (κ3) is 7.50. The fourth-order valence-corrected chi connectivity index (χ4v) is 4.19. The van der Waals surface area contributed by atoms with Crippen molar-refractivity contribution in [2.24, 2.45) is 5.73 Å². The molecule has 200 valence electrons. The Kier molecular flexibility index (Phi) is 10.6. The Morgan fingerprint density at radius 1 is 0.816 bits per heavy atom. The highest BCUT2D eigenvalue weighted by molar-refractivity contribution is 5.98. The van der Waals surface area contributed by atoms with Gasteiger partial charge in [-0.05, 0) is 28.8 Å². The molecule has 0 unspecified atom stereocenters. The average Bonchev–Trinajstić information content (AvgIpc) is 2.97. The van der Waals surface area contributed by atoms with E-state index in [1.165, 1.54) is 9.80 Å². The fraction of sp³-hybridized carbons (Fsp3) is 0.300. The first-order valence-electron chi connectivity index (χ1n) is 12.6. The molecule has 38 heavy (non-hydrogen) atoms. The Labute approximate surface area is 224 Å². The molecule has 3 rings (SSSR count). The normalized spacial score (nSPS) is 12.3. The molecule has 0 aromatic heterocycles. The largest absolute Gasteiger partial charge is 0.374 e. The molecule has 0 bridgehead atoms. The molecule has 0 saturated heterocycles. The number of carbonyl (C=O) groups is 3. The van der Waals surface area contributed by atoms with E-state index in [2.05, 4.69) is 5.32 Å². The van der Waals surface area contributed by atoms with E-state index in [4.69, 9.17) is 10.5 Å². The number of ether oxygens (including phenoxy) is 1. The fourth-order valence-electron chi connectivity index (χ4n) is 4.19. The molecule has 0 fully saturated rings. The summed E-state index contributed by atoms with van der Waals surface area (Å²) in [5, 5.41) is 2.66. The molecule has 0 heterocycles. The highest BCUT2D eigenvalue weighted by atomic mass is 16.5. The number of nitrogens with one attached hydrogen (secondary N) is 1. The number of likely N-dealkylation sites (N-methyl/N-ethyl adjacent to an activating group) is 3. The number of hydrogen-bond acceptors (Lipinski definition) is 5. The lowest BCUT2D eigenvalue weighted by molar-refractivity contribution is -0.143. The van der Waals surface area contributed by atoms with Crippen molar-refractivity contribution in [3.8, 4) is 0 Å². The zero-order valence-electron chi connectivity index (χ0n) is 22.2. The van der Waals surface area contributed by atoms with E-state index in [0.29, 0.717) is 18.5 Å². The van der Waals surface area contributed by atoms with Crippen LogP contribution in [0.5, 0.6) is 0 Å². The number of carbonyl (C=O) groups excluding carboxylic acids is 3. The van der Waals surface area contributed by atoms with Gasteiger partial charge in [0.05, 0.1) is 13.2 Å². The van der Waals surface area contributed by atoms with Gasteiger partial charge in [-0.3, -0.25) is 14.4 Å². The van der Waals surface area contributed by atoms with E-state index < -0.39 is 18.0 Å². The molecule has 3 aromatic rings. The third-order valence-electron chi connectivity index (χ3n) is 6.51. The van der Waals surface area contributed by atoms with Crippen LogP contribution in [0.25, 0.3) is 0 Å². The van der Waals surface area contributed by atoms with Crippen molar-refractivity contribution in [3.05, 3.63) is 107 Å². The van der Waals surface area contributed by atoms with Gasteiger partial charge < -0.3 is 25.6 Å². The second-order valence-corrected chi connectivity index (χ2v) is 9.11. The van der Waals surface area contributed by atoms with E-state index >= 15 is 0 Å². The monoisotopic (exact) mass is 516 g/mol. The number of amides is 3. The lowest BCUT2D eigenvalue weighted by atomic mass is 10.0. The highest BCUT2D eigenvalue weighted by Crippen LogP contribution is 2.16. The lowest BCUT2D eigenvalue weighted by Gasteiger charge is -2.34. The molecule has 3 amide bonds. The molecule has 0 aliphatic rings. The molecular weight excluding hydrogens is 480 g/mol. The van der Waals surface area contributed by atoms with Crippen LogP contribution in [-0.2, 0) is 33.9 Å². The van der Waals surface area contributed by atoms with Crippen LogP contribution in [0.3, 0.4) is 0 Å². The van der Waals surface area contributed by atoms with Gasteiger partial charge >= 0.3 is 0 Å². The van der Waals surface area contributed by atoms with Gasteiger partial charge in [0.15, 0.2) is 0 Å². The van der Waals surface area contributed by atoms with Crippen LogP contribution >= 0.6 is 0 Å². The molecule has 0 spiro atoms. The third-order valence-corrected chi connectivity index (χ3v) is 6.51. The Balaban J connectivity index is 1.86. The van der Waals surface area contributed by atoms with Crippen molar-refractivity contribution in [2.75, 3.05) is 27.7 Å². The van der Waals surface area contributed by atoms with Crippen LogP contribution in [0.4, 0.5) is 0 Å². The maximum absolute atomic E-state index is 13.9. The number of rotatable bonds is 12. The number of nitrogens with zero attached hydrogens (tertiary/aromatic N) is 2. The Bertz CT molecular complexity index is 1200. The SMILES string of the molecule is CNC(=O)[C@@H](Cc1ccccc1)N(C)C(=O)[C@@H](COCc1ccccc1)N(C)C(=O)c1cccc(CN)c1. The van der Waals surface area contributed by atoms with Crippen LogP contribution in [0, 0.1) is 0 Å². The van der Waals surface area contributed by atoms with Crippen molar-refractivity contribution in [1.82, 2.24) is 15.1 Å². The predicted molar refractivity (Wildman–Crippen MR) is 147 cm³/mol. The topological polar surface area (TPSA) is 105 Å². The van der Waals surface area contributed by atoms with E-state index in [9.17, 15) is 14.4 Å². The lowest BCUT2D eigenvalue weighted by Crippen LogP contribution is -2.56. The summed E-state index contributed by atoms with van der Waals surface area (Å²) in [4.78, 5) is 43.0. The zero-order valence-corrected chi connectivity index (χ0v) is 22.2. The first-order valence-corrected chi connectivity index (χ1v) is 12.6. The highest BCUT2D eigenvalue weighted by Gasteiger charge is 2.35. The minimum Gasteiger partial charge on any atom is -0.374 e. The molecule has 0 saturated carbocycles. The molecule has 2 atom stereocenters. The van der Waals surface area contributed by atoms with E-state index in [-0.39, 0.29) is 25.0 Å². The van der Waals surface area contributed by atoms with E-state index in [1.807, 2.05) is 66.7 Å². The summed E-state index contributed by atoms with van der Waals surface area (Å²) in [6, 6.07) is 24.4. The van der Waals surface area contributed by atoms with Crippen LogP contribution in [0.1, 0.15) is 27.0 Å².